The standard InChI is InChI=1S/C42H26N2O7/c43-21-24-11-15-29(16-12-24)44-38(45)36-37(39(44)46)42(28-9-5-2-6-10-28)35(26-14-18-31-33(20-26)51-23-49-31)34(25-13-17-30-32(19-25)50-22-48-30)41(36,40(42)47)27-7-3-1-4-8-27/h1-20,36-37H,22-23H2/t36-,37+,41-,42-/m0/s1. The molecule has 2 aliphatic carbocycles. The zero-order valence-corrected chi connectivity index (χ0v) is 26.9. The molecule has 5 aromatic rings. The Hall–Kier alpha value is -6.66. The zero-order chi connectivity index (χ0) is 34.5. The van der Waals surface area contributed by atoms with Gasteiger partial charge in [-0.3, -0.25) is 14.4 Å². The van der Waals surface area contributed by atoms with Gasteiger partial charge in [0.25, 0.3) is 0 Å². The minimum Gasteiger partial charge on any atom is -0.454 e. The van der Waals surface area contributed by atoms with Crippen LogP contribution in [-0.4, -0.2) is 31.2 Å². The van der Waals surface area contributed by atoms with E-state index >= 15 is 14.4 Å². The summed E-state index contributed by atoms with van der Waals surface area (Å²) in [7, 11) is 0. The number of carbonyl (C=O) groups excluding carboxylic acids is 3. The molecule has 51 heavy (non-hydrogen) atoms. The molecule has 2 bridgehead atoms. The third-order valence-electron chi connectivity index (χ3n) is 11.0. The number of amides is 2. The molecule has 0 aromatic heterocycles. The smallest absolute Gasteiger partial charge is 0.239 e. The molecule has 10 rings (SSSR count). The molecule has 3 heterocycles. The van der Waals surface area contributed by atoms with E-state index in [0.717, 1.165) is 0 Å². The average molecular weight is 671 g/mol. The molecule has 2 fully saturated rings. The summed E-state index contributed by atoms with van der Waals surface area (Å²) in [6.45, 7) is 0.113. The van der Waals surface area contributed by atoms with Crippen molar-refractivity contribution in [3.05, 3.63) is 149 Å². The monoisotopic (exact) mass is 670 g/mol. The number of allylic oxidation sites excluding steroid dienone is 2. The van der Waals surface area contributed by atoms with Crippen molar-refractivity contribution in [2.24, 2.45) is 11.8 Å². The van der Waals surface area contributed by atoms with E-state index in [-0.39, 0.29) is 19.4 Å². The molecule has 1 saturated heterocycles. The molecule has 1 saturated carbocycles. The average Bonchev–Trinajstić information content (AvgIpc) is 3.98. The van der Waals surface area contributed by atoms with Crippen molar-refractivity contribution in [3.63, 3.8) is 0 Å². The van der Waals surface area contributed by atoms with Gasteiger partial charge in [0.2, 0.25) is 25.4 Å². The lowest BCUT2D eigenvalue weighted by Crippen LogP contribution is -2.45. The Bertz CT molecular complexity index is 2280. The van der Waals surface area contributed by atoms with Gasteiger partial charge in [0.15, 0.2) is 28.8 Å². The number of benzene rings is 5. The maximum atomic E-state index is 16.2. The first kappa shape index (κ1) is 29.3. The summed E-state index contributed by atoms with van der Waals surface area (Å²) in [5, 5.41) is 9.47. The summed E-state index contributed by atoms with van der Waals surface area (Å²) >= 11 is 0. The lowest BCUT2D eigenvalue weighted by molar-refractivity contribution is -0.130. The van der Waals surface area contributed by atoms with Crippen molar-refractivity contribution >= 4 is 34.4 Å². The van der Waals surface area contributed by atoms with Crippen LogP contribution in [0.2, 0.25) is 0 Å². The van der Waals surface area contributed by atoms with Crippen molar-refractivity contribution in [1.82, 2.24) is 0 Å². The Morgan fingerprint density at radius 1 is 0.569 bits per heavy atom. The highest BCUT2D eigenvalue weighted by Crippen LogP contribution is 2.74. The van der Waals surface area contributed by atoms with E-state index in [4.69, 9.17) is 18.9 Å². The fourth-order valence-electron chi connectivity index (χ4n) is 9.17. The maximum absolute atomic E-state index is 16.2. The van der Waals surface area contributed by atoms with Gasteiger partial charge in [-0.1, -0.05) is 72.8 Å². The number of nitrogens with zero attached hydrogens (tertiary/aromatic N) is 2. The quantitative estimate of drug-likeness (QED) is 0.203. The number of ketones is 1. The van der Waals surface area contributed by atoms with Gasteiger partial charge in [0.1, 0.15) is 0 Å². The van der Waals surface area contributed by atoms with Crippen LogP contribution in [0.25, 0.3) is 11.1 Å². The summed E-state index contributed by atoms with van der Waals surface area (Å²) in [4.78, 5) is 47.7. The molecule has 0 unspecified atom stereocenters. The topological polar surface area (TPSA) is 115 Å². The third-order valence-corrected chi connectivity index (χ3v) is 11.0. The minimum absolute atomic E-state index is 0.0564. The van der Waals surface area contributed by atoms with Gasteiger partial charge in [0, 0.05) is 0 Å². The predicted molar refractivity (Wildman–Crippen MR) is 184 cm³/mol. The Balaban J connectivity index is 1.36. The van der Waals surface area contributed by atoms with E-state index < -0.39 is 34.5 Å². The predicted octanol–water partition coefficient (Wildman–Crippen LogP) is 6.20. The van der Waals surface area contributed by atoms with E-state index in [1.807, 2.05) is 97.1 Å². The number of carbonyl (C=O) groups is 3. The maximum Gasteiger partial charge on any atom is 0.239 e. The van der Waals surface area contributed by atoms with Crippen LogP contribution in [0.5, 0.6) is 23.0 Å². The highest BCUT2D eigenvalue weighted by molar-refractivity contribution is 6.39. The molecule has 9 heteroatoms. The van der Waals surface area contributed by atoms with Crippen LogP contribution in [-0.2, 0) is 25.2 Å². The minimum atomic E-state index is -1.60. The van der Waals surface area contributed by atoms with Crippen LogP contribution >= 0.6 is 0 Å². The van der Waals surface area contributed by atoms with Crippen molar-refractivity contribution in [1.29, 1.82) is 5.26 Å². The van der Waals surface area contributed by atoms with Gasteiger partial charge < -0.3 is 18.9 Å². The van der Waals surface area contributed by atoms with Crippen LogP contribution < -0.4 is 23.8 Å². The van der Waals surface area contributed by atoms with E-state index in [1.54, 1.807) is 24.3 Å². The third kappa shape index (κ3) is 3.60. The SMILES string of the molecule is N#Cc1ccc(N2C(=O)[C@@H]3[C@H](C2=O)[C@@]2(c4ccccc4)C(=O)[C@@]3(c3ccccc3)C(c3ccc4c(c3)OCO4)=C2c2ccc3c(c2)OCO3)cc1. The molecule has 5 aromatic carbocycles. The summed E-state index contributed by atoms with van der Waals surface area (Å²) in [6.07, 6.45) is 0. The number of imide groups is 1. The summed E-state index contributed by atoms with van der Waals surface area (Å²) in [5.74, 6) is -1.24. The highest BCUT2D eigenvalue weighted by atomic mass is 16.7. The summed E-state index contributed by atoms with van der Waals surface area (Å²) in [6, 6.07) is 38.2. The molecule has 9 nitrogen and oxygen atoms in total. The number of nitriles is 1. The van der Waals surface area contributed by atoms with E-state index in [0.29, 0.717) is 67.6 Å². The lowest BCUT2D eigenvalue weighted by Gasteiger charge is -2.39. The lowest BCUT2D eigenvalue weighted by atomic mass is 9.59. The number of hydrogen-bond acceptors (Lipinski definition) is 8. The fourth-order valence-corrected chi connectivity index (χ4v) is 9.17. The molecule has 0 spiro atoms. The summed E-state index contributed by atoms with van der Waals surface area (Å²) < 4.78 is 23.1. The number of fused-ring (bicyclic) bond motifs is 7. The highest BCUT2D eigenvalue weighted by Gasteiger charge is 2.82. The van der Waals surface area contributed by atoms with Gasteiger partial charge >= 0.3 is 0 Å². The Morgan fingerprint density at radius 2 is 1.02 bits per heavy atom. The Labute approximate surface area is 291 Å². The second kappa shape index (κ2) is 10.4. The number of rotatable bonds is 5. The van der Waals surface area contributed by atoms with Crippen molar-refractivity contribution < 1.29 is 33.3 Å². The normalized spacial score (nSPS) is 25.1. The first-order valence-electron chi connectivity index (χ1n) is 16.6. The fraction of sp³-hybridized carbons (Fsp3) is 0.143. The van der Waals surface area contributed by atoms with Crippen LogP contribution in [0.15, 0.2) is 121 Å². The number of anilines is 1. The molecule has 246 valence electrons. The van der Waals surface area contributed by atoms with Gasteiger partial charge in [-0.25, -0.2) is 4.90 Å². The van der Waals surface area contributed by atoms with E-state index in [2.05, 4.69) is 6.07 Å². The molecule has 4 atom stereocenters. The van der Waals surface area contributed by atoms with Crippen LogP contribution in [0, 0.1) is 23.2 Å². The van der Waals surface area contributed by atoms with Crippen molar-refractivity contribution in [3.8, 4) is 29.1 Å². The number of hydrogen-bond donors (Lipinski definition) is 0. The Kier molecular flexibility index (Phi) is 5.98. The van der Waals surface area contributed by atoms with Crippen LogP contribution in [0.1, 0.15) is 27.8 Å². The van der Waals surface area contributed by atoms with Crippen molar-refractivity contribution in [2.45, 2.75) is 10.8 Å². The van der Waals surface area contributed by atoms with Gasteiger partial charge in [-0.15, -0.1) is 0 Å². The molecule has 2 amide bonds. The summed E-state index contributed by atoms with van der Waals surface area (Å²) in [5.41, 5.74) is 1.30. The second-order valence-electron chi connectivity index (χ2n) is 13.2. The zero-order valence-electron chi connectivity index (χ0n) is 26.9. The largest absolute Gasteiger partial charge is 0.454 e. The molecular weight excluding hydrogens is 644 g/mol. The van der Waals surface area contributed by atoms with Crippen molar-refractivity contribution in [2.75, 3.05) is 18.5 Å². The molecule has 3 aliphatic heterocycles. The van der Waals surface area contributed by atoms with Gasteiger partial charge in [0.05, 0.1) is 40.0 Å². The molecular formula is C42H26N2O7. The van der Waals surface area contributed by atoms with Crippen LogP contribution in [0.4, 0.5) is 5.69 Å². The second-order valence-corrected chi connectivity index (χ2v) is 13.2. The van der Waals surface area contributed by atoms with E-state index in [9.17, 15) is 5.26 Å². The molecule has 0 radical (unpaired) electrons. The van der Waals surface area contributed by atoms with Gasteiger partial charge in [-0.2, -0.15) is 5.26 Å². The molecule has 5 aliphatic rings. The van der Waals surface area contributed by atoms with Gasteiger partial charge in [-0.05, 0) is 81.9 Å². The van der Waals surface area contributed by atoms with E-state index in [1.165, 1.54) is 4.90 Å². The first-order chi connectivity index (χ1) is 25.0. The first-order valence-corrected chi connectivity index (χ1v) is 16.6. The van der Waals surface area contributed by atoms with Crippen LogP contribution in [0.3, 0.4) is 0 Å². The Morgan fingerprint density at radius 3 is 1.47 bits per heavy atom. The number of Topliss-reactive ketones (excluding diaryl/α,β-unsaturated/α-hetero) is 1. The number of ether oxygens (including phenoxy) is 4. The molecule has 0 N–H and O–H groups in total.